The molecule has 38 heavy (non-hydrogen) atoms. The highest BCUT2D eigenvalue weighted by atomic mass is 35.5. The van der Waals surface area contributed by atoms with Crippen LogP contribution in [0.25, 0.3) is 0 Å². The number of thioether (sulfide) groups is 1. The molecule has 2 fully saturated rings. The second-order valence-electron chi connectivity index (χ2n) is 10.5. The van der Waals surface area contributed by atoms with Gasteiger partial charge in [0.2, 0.25) is 5.91 Å². The van der Waals surface area contributed by atoms with E-state index in [9.17, 15) is 18.0 Å². The third-order valence-electron chi connectivity index (χ3n) is 7.56. The Bertz CT molecular complexity index is 992. The van der Waals surface area contributed by atoms with Crippen molar-refractivity contribution in [3.05, 3.63) is 64.7 Å². The van der Waals surface area contributed by atoms with Crippen LogP contribution < -0.4 is 0 Å². The highest BCUT2D eigenvalue weighted by Crippen LogP contribution is 2.37. The topological polar surface area (TPSA) is 23.6 Å². The molecule has 0 aromatic heterocycles. The Balaban J connectivity index is 0.00000400. The van der Waals surface area contributed by atoms with E-state index in [2.05, 4.69) is 17.0 Å². The molecule has 2 aliphatic rings. The number of nitrogens with zero attached hydrogens (tertiary/aromatic N) is 2. The molecule has 1 atom stereocenters. The Kier molecular flexibility index (Phi) is 11.9. The Labute approximate surface area is 235 Å². The fourth-order valence-electron chi connectivity index (χ4n) is 5.60. The minimum absolute atomic E-state index is 0. The fraction of sp³-hybridized carbons (Fsp3) is 0.567. The summed E-state index contributed by atoms with van der Waals surface area (Å²) in [7, 11) is 0. The number of amides is 1. The third-order valence-corrected chi connectivity index (χ3v) is 8.55. The van der Waals surface area contributed by atoms with Gasteiger partial charge in [-0.15, -0.1) is 0 Å². The number of piperidine rings is 2. The molecule has 0 unspecified atom stereocenters. The van der Waals surface area contributed by atoms with Crippen LogP contribution in [-0.4, -0.2) is 53.9 Å². The van der Waals surface area contributed by atoms with Gasteiger partial charge in [0.1, 0.15) is 0 Å². The van der Waals surface area contributed by atoms with Gasteiger partial charge in [-0.2, -0.15) is 13.2 Å². The molecule has 0 spiro atoms. The first-order valence-electron chi connectivity index (χ1n) is 13.3. The number of alkyl halides is 3. The number of hydrogen-bond donors (Lipinski definition) is 0. The number of rotatable bonds is 9. The van der Waals surface area contributed by atoms with E-state index in [1.54, 1.807) is 24.3 Å². The Morgan fingerprint density at radius 2 is 1.50 bits per heavy atom. The molecule has 2 aromatic carbocycles. The molecule has 3 nitrogen and oxygen atoms in total. The number of halogens is 4. The Hall–Kier alpha value is -1.70. The lowest BCUT2D eigenvalue weighted by atomic mass is 9.90. The first-order chi connectivity index (χ1) is 17.7. The molecule has 0 radical (unpaired) electrons. The summed E-state index contributed by atoms with van der Waals surface area (Å²) in [5.41, 5.74) is -1.88. The molecule has 8 heteroatoms. The second kappa shape index (κ2) is 14.6. The van der Waals surface area contributed by atoms with Gasteiger partial charge >= 0.3 is 5.51 Å². The standard InChI is InChI=1S/C29H36ClF3N2OS.CH4/c30-26-9-5-22(6-10-26)19-24-13-17-34(18-14-24)15-2-4-28(36)35-16-1-3-25(21-35)20-23-7-11-27(12-8-23)37-29(31,32)33;/h5-12,24-25H,1-4,13-21H2;1H4/t25-;/m1./s1. The lowest BCUT2D eigenvalue weighted by molar-refractivity contribution is -0.133. The number of carbonyl (C=O) groups is 1. The number of likely N-dealkylation sites (tertiary alicyclic amines) is 2. The molecule has 0 aliphatic carbocycles. The van der Waals surface area contributed by atoms with Crippen molar-refractivity contribution in [1.82, 2.24) is 9.80 Å². The van der Waals surface area contributed by atoms with E-state index < -0.39 is 5.51 Å². The quantitative estimate of drug-likeness (QED) is 0.285. The molecule has 0 saturated carbocycles. The zero-order chi connectivity index (χ0) is 26.3. The fourth-order valence-corrected chi connectivity index (χ4v) is 6.26. The van der Waals surface area contributed by atoms with Crippen LogP contribution in [0.1, 0.15) is 57.1 Å². The van der Waals surface area contributed by atoms with Crippen molar-refractivity contribution in [1.29, 1.82) is 0 Å². The minimum Gasteiger partial charge on any atom is -0.342 e. The van der Waals surface area contributed by atoms with Crippen LogP contribution in [0.2, 0.25) is 5.02 Å². The maximum atomic E-state index is 12.9. The van der Waals surface area contributed by atoms with Gasteiger partial charge in [-0.05, 0) is 124 Å². The Morgan fingerprint density at radius 3 is 2.13 bits per heavy atom. The van der Waals surface area contributed by atoms with Gasteiger partial charge < -0.3 is 9.80 Å². The van der Waals surface area contributed by atoms with E-state index in [4.69, 9.17) is 11.6 Å². The van der Waals surface area contributed by atoms with Gasteiger partial charge in [0, 0.05) is 29.4 Å². The summed E-state index contributed by atoms with van der Waals surface area (Å²) in [6.45, 7) is 4.72. The van der Waals surface area contributed by atoms with Gasteiger partial charge in [-0.1, -0.05) is 43.3 Å². The first kappa shape index (κ1) is 30.8. The summed E-state index contributed by atoms with van der Waals surface area (Å²) >= 11 is 5.91. The highest BCUT2D eigenvalue weighted by molar-refractivity contribution is 8.00. The van der Waals surface area contributed by atoms with Crippen LogP contribution >= 0.6 is 23.4 Å². The molecular weight excluding hydrogens is 529 g/mol. The van der Waals surface area contributed by atoms with Crippen molar-refractivity contribution in [3.63, 3.8) is 0 Å². The van der Waals surface area contributed by atoms with Crippen molar-refractivity contribution in [2.24, 2.45) is 11.8 Å². The summed E-state index contributed by atoms with van der Waals surface area (Å²) in [4.78, 5) is 17.6. The third kappa shape index (κ3) is 10.1. The summed E-state index contributed by atoms with van der Waals surface area (Å²) in [6, 6.07) is 14.8. The lowest BCUT2D eigenvalue weighted by Crippen LogP contribution is -2.41. The van der Waals surface area contributed by atoms with Crippen molar-refractivity contribution in [3.8, 4) is 0 Å². The zero-order valence-corrected chi connectivity index (χ0v) is 22.8. The van der Waals surface area contributed by atoms with Crippen LogP contribution in [0.5, 0.6) is 0 Å². The number of benzene rings is 2. The van der Waals surface area contributed by atoms with Gasteiger partial charge in [0.05, 0.1) is 0 Å². The minimum atomic E-state index is -4.26. The van der Waals surface area contributed by atoms with E-state index in [1.807, 2.05) is 17.0 Å². The first-order valence-corrected chi connectivity index (χ1v) is 14.5. The van der Waals surface area contributed by atoms with Crippen molar-refractivity contribution >= 4 is 29.3 Å². The van der Waals surface area contributed by atoms with E-state index in [0.29, 0.717) is 18.3 Å². The van der Waals surface area contributed by atoms with Crippen LogP contribution in [0.15, 0.2) is 53.4 Å². The SMILES string of the molecule is C.O=C(CCCN1CCC(Cc2ccc(Cl)cc2)CC1)N1CCC[C@H](Cc2ccc(SC(F)(F)F)cc2)C1. The second-order valence-corrected chi connectivity index (χ2v) is 12.0. The number of carbonyl (C=O) groups excluding carboxylic acids is 1. The molecule has 2 aromatic rings. The molecular formula is C30H40ClF3N2OS. The van der Waals surface area contributed by atoms with E-state index >= 15 is 0 Å². The van der Waals surface area contributed by atoms with Gasteiger partial charge in [0.15, 0.2) is 0 Å². The van der Waals surface area contributed by atoms with E-state index in [0.717, 1.165) is 75.4 Å². The van der Waals surface area contributed by atoms with Crippen LogP contribution in [0.4, 0.5) is 13.2 Å². The van der Waals surface area contributed by atoms with Gasteiger partial charge in [-0.3, -0.25) is 4.79 Å². The average molecular weight is 569 g/mol. The molecule has 4 rings (SSSR count). The maximum Gasteiger partial charge on any atom is 0.446 e. The Morgan fingerprint density at radius 1 is 0.895 bits per heavy atom. The average Bonchev–Trinajstić information content (AvgIpc) is 2.87. The van der Waals surface area contributed by atoms with Crippen molar-refractivity contribution in [2.75, 3.05) is 32.7 Å². The van der Waals surface area contributed by atoms with E-state index in [-0.39, 0.29) is 30.0 Å². The molecule has 0 N–H and O–H groups in total. The lowest BCUT2D eigenvalue weighted by Gasteiger charge is -2.34. The van der Waals surface area contributed by atoms with Gasteiger partial charge in [0.25, 0.3) is 0 Å². The summed E-state index contributed by atoms with van der Waals surface area (Å²) in [6.07, 6.45) is 7.80. The van der Waals surface area contributed by atoms with Gasteiger partial charge in [-0.25, -0.2) is 0 Å². The van der Waals surface area contributed by atoms with Crippen LogP contribution in [-0.2, 0) is 17.6 Å². The monoisotopic (exact) mass is 568 g/mol. The van der Waals surface area contributed by atoms with Crippen molar-refractivity contribution in [2.45, 2.75) is 69.2 Å². The molecule has 2 aliphatic heterocycles. The van der Waals surface area contributed by atoms with Crippen molar-refractivity contribution < 1.29 is 18.0 Å². The predicted octanol–water partition coefficient (Wildman–Crippen LogP) is 8.10. The normalized spacial score (nSPS) is 19.3. The zero-order valence-electron chi connectivity index (χ0n) is 21.2. The maximum absolute atomic E-state index is 12.9. The van der Waals surface area contributed by atoms with E-state index in [1.165, 1.54) is 18.4 Å². The summed E-state index contributed by atoms with van der Waals surface area (Å²) in [5.74, 6) is 1.31. The summed E-state index contributed by atoms with van der Waals surface area (Å²) in [5, 5.41) is 0.782. The predicted molar refractivity (Wildman–Crippen MR) is 152 cm³/mol. The molecule has 2 saturated heterocycles. The highest BCUT2D eigenvalue weighted by Gasteiger charge is 2.29. The molecule has 210 valence electrons. The van der Waals surface area contributed by atoms with Crippen LogP contribution in [0, 0.1) is 11.8 Å². The molecule has 0 bridgehead atoms. The summed E-state index contributed by atoms with van der Waals surface area (Å²) < 4.78 is 37.6. The van der Waals surface area contributed by atoms with Crippen LogP contribution in [0.3, 0.4) is 0 Å². The largest absolute Gasteiger partial charge is 0.446 e. The molecule has 2 heterocycles. The molecule has 1 amide bonds. The number of hydrogen-bond acceptors (Lipinski definition) is 3. The smallest absolute Gasteiger partial charge is 0.342 e.